The quantitative estimate of drug-likeness (QED) is 0.748. The molecule has 0 aliphatic heterocycles. The van der Waals surface area contributed by atoms with Crippen LogP contribution >= 0.6 is 0 Å². The van der Waals surface area contributed by atoms with Crippen LogP contribution in [-0.2, 0) is 21.5 Å². The Balaban J connectivity index is 3.04. The fourth-order valence-electron chi connectivity index (χ4n) is 1.57. The minimum Gasteiger partial charge on any atom is -0.465 e. The van der Waals surface area contributed by atoms with E-state index in [9.17, 15) is 13.2 Å². The molecule has 0 unspecified atom stereocenters. The number of esters is 1. The topological polar surface area (TPSA) is 66.9 Å². The van der Waals surface area contributed by atoms with Crippen LogP contribution in [0.2, 0.25) is 0 Å². The van der Waals surface area contributed by atoms with Gasteiger partial charge in [-0.1, -0.05) is 18.2 Å². The van der Waals surface area contributed by atoms with Crippen molar-refractivity contribution in [2.75, 3.05) is 28.3 Å². The van der Waals surface area contributed by atoms with Gasteiger partial charge >= 0.3 is 5.97 Å². The van der Waals surface area contributed by atoms with Crippen LogP contribution in [0.25, 0.3) is 0 Å². The smallest absolute Gasteiger partial charge is 0.338 e. The first-order valence-electron chi connectivity index (χ1n) is 5.60. The molecular formula is C12H18N2O4S. The number of methoxy groups -OCH3 is 1. The molecule has 0 aromatic heterocycles. The number of carbonyl (C=O) groups excluding carboxylic acids is 1. The van der Waals surface area contributed by atoms with Gasteiger partial charge < -0.3 is 4.74 Å². The summed E-state index contributed by atoms with van der Waals surface area (Å²) in [7, 11) is 2.16. The monoisotopic (exact) mass is 286 g/mol. The Hall–Kier alpha value is -1.44. The molecule has 0 aliphatic rings. The van der Waals surface area contributed by atoms with Crippen molar-refractivity contribution in [1.82, 2.24) is 8.61 Å². The molecule has 7 heteroatoms. The van der Waals surface area contributed by atoms with Gasteiger partial charge in [0.05, 0.1) is 12.7 Å². The molecule has 0 radical (unpaired) electrons. The molecule has 0 atom stereocenters. The summed E-state index contributed by atoms with van der Waals surface area (Å²) in [6.07, 6.45) is 0. The average Bonchev–Trinajstić information content (AvgIpc) is 2.38. The van der Waals surface area contributed by atoms with Gasteiger partial charge in [0.2, 0.25) is 0 Å². The van der Waals surface area contributed by atoms with E-state index in [1.54, 1.807) is 24.3 Å². The van der Waals surface area contributed by atoms with Gasteiger partial charge in [-0.25, -0.2) is 4.79 Å². The Kier molecular flexibility index (Phi) is 5.04. The second-order valence-electron chi connectivity index (χ2n) is 4.19. The van der Waals surface area contributed by atoms with Crippen molar-refractivity contribution >= 4 is 16.2 Å². The Morgan fingerprint density at radius 1 is 1.21 bits per heavy atom. The third kappa shape index (κ3) is 3.52. The fraction of sp³-hybridized carbons (Fsp3) is 0.417. The highest BCUT2D eigenvalue weighted by atomic mass is 32.2. The maximum atomic E-state index is 11.9. The summed E-state index contributed by atoms with van der Waals surface area (Å²) >= 11 is 0. The molecule has 0 aliphatic carbocycles. The molecule has 0 saturated carbocycles. The zero-order valence-corrected chi connectivity index (χ0v) is 12.3. The molecule has 1 aromatic rings. The van der Waals surface area contributed by atoms with Crippen molar-refractivity contribution in [1.29, 1.82) is 0 Å². The van der Waals surface area contributed by atoms with Crippen molar-refractivity contribution in [2.45, 2.75) is 6.54 Å². The second kappa shape index (κ2) is 6.14. The molecule has 106 valence electrons. The van der Waals surface area contributed by atoms with E-state index in [0.29, 0.717) is 11.1 Å². The van der Waals surface area contributed by atoms with Crippen LogP contribution in [0.5, 0.6) is 0 Å². The molecule has 0 fully saturated rings. The molecule has 0 amide bonds. The lowest BCUT2D eigenvalue weighted by molar-refractivity contribution is 0.0599. The van der Waals surface area contributed by atoms with E-state index < -0.39 is 16.2 Å². The van der Waals surface area contributed by atoms with Crippen LogP contribution in [0.4, 0.5) is 0 Å². The Morgan fingerprint density at radius 2 is 1.79 bits per heavy atom. The molecule has 6 nitrogen and oxygen atoms in total. The Labute approximate surface area is 113 Å². The van der Waals surface area contributed by atoms with Crippen LogP contribution in [0, 0.1) is 0 Å². The Morgan fingerprint density at radius 3 is 2.32 bits per heavy atom. The van der Waals surface area contributed by atoms with Crippen molar-refractivity contribution in [3.05, 3.63) is 35.4 Å². The highest BCUT2D eigenvalue weighted by Gasteiger charge is 2.22. The van der Waals surface area contributed by atoms with Crippen LogP contribution in [-0.4, -0.2) is 51.3 Å². The molecule has 0 N–H and O–H groups in total. The molecular weight excluding hydrogens is 268 g/mol. The summed E-state index contributed by atoms with van der Waals surface area (Å²) in [6, 6.07) is 6.76. The van der Waals surface area contributed by atoms with E-state index in [2.05, 4.69) is 4.74 Å². The normalized spacial score (nSPS) is 11.9. The number of rotatable bonds is 5. The SMILES string of the molecule is COC(=O)c1ccccc1CN(C)S(=O)(=O)N(C)C. The summed E-state index contributed by atoms with van der Waals surface area (Å²) in [5, 5.41) is 0. The summed E-state index contributed by atoms with van der Waals surface area (Å²) in [6.45, 7) is 0.103. The summed E-state index contributed by atoms with van der Waals surface area (Å²) in [5.41, 5.74) is 0.966. The maximum absolute atomic E-state index is 11.9. The first-order valence-corrected chi connectivity index (χ1v) is 7.00. The Bertz CT molecular complexity index is 555. The van der Waals surface area contributed by atoms with Crippen molar-refractivity contribution in [3.8, 4) is 0 Å². The van der Waals surface area contributed by atoms with Gasteiger partial charge in [0.1, 0.15) is 0 Å². The van der Waals surface area contributed by atoms with Crippen LogP contribution in [0.1, 0.15) is 15.9 Å². The predicted octanol–water partition coefficient (Wildman–Crippen LogP) is 0.711. The molecule has 0 saturated heterocycles. The van der Waals surface area contributed by atoms with Crippen molar-refractivity contribution in [3.63, 3.8) is 0 Å². The number of carbonyl (C=O) groups is 1. The first kappa shape index (κ1) is 15.6. The van der Waals surface area contributed by atoms with E-state index in [-0.39, 0.29) is 6.54 Å². The zero-order valence-electron chi connectivity index (χ0n) is 11.5. The summed E-state index contributed by atoms with van der Waals surface area (Å²) < 4.78 is 30.8. The largest absolute Gasteiger partial charge is 0.465 e. The lowest BCUT2D eigenvalue weighted by Gasteiger charge is -2.22. The molecule has 19 heavy (non-hydrogen) atoms. The minimum absolute atomic E-state index is 0.103. The van der Waals surface area contributed by atoms with Gasteiger partial charge in [0.15, 0.2) is 0 Å². The third-order valence-corrected chi connectivity index (χ3v) is 4.51. The molecule has 0 heterocycles. The number of hydrogen-bond acceptors (Lipinski definition) is 4. The van der Waals surface area contributed by atoms with Gasteiger partial charge in [0.25, 0.3) is 10.2 Å². The number of hydrogen-bond donors (Lipinski definition) is 0. The van der Waals surface area contributed by atoms with Gasteiger partial charge in [0, 0.05) is 27.7 Å². The van der Waals surface area contributed by atoms with E-state index in [4.69, 9.17) is 0 Å². The number of benzene rings is 1. The van der Waals surface area contributed by atoms with E-state index in [1.165, 1.54) is 32.6 Å². The predicted molar refractivity (Wildman–Crippen MR) is 71.9 cm³/mol. The molecule has 0 spiro atoms. The minimum atomic E-state index is -3.51. The van der Waals surface area contributed by atoms with E-state index >= 15 is 0 Å². The van der Waals surface area contributed by atoms with Crippen LogP contribution in [0.3, 0.4) is 0 Å². The van der Waals surface area contributed by atoms with Gasteiger partial charge in [-0.2, -0.15) is 17.0 Å². The maximum Gasteiger partial charge on any atom is 0.338 e. The highest BCUT2D eigenvalue weighted by molar-refractivity contribution is 7.86. The first-order chi connectivity index (χ1) is 8.80. The average molecular weight is 286 g/mol. The highest BCUT2D eigenvalue weighted by Crippen LogP contribution is 2.14. The number of ether oxygens (including phenoxy) is 1. The van der Waals surface area contributed by atoms with Gasteiger partial charge in [-0.15, -0.1) is 0 Å². The second-order valence-corrected chi connectivity index (χ2v) is 6.44. The van der Waals surface area contributed by atoms with Crippen LogP contribution in [0.15, 0.2) is 24.3 Å². The summed E-state index contributed by atoms with van der Waals surface area (Å²) in [4.78, 5) is 11.6. The summed E-state index contributed by atoms with van der Waals surface area (Å²) in [5.74, 6) is -0.480. The fourth-order valence-corrected chi connectivity index (χ4v) is 2.43. The van der Waals surface area contributed by atoms with Crippen LogP contribution < -0.4 is 0 Å². The van der Waals surface area contributed by atoms with Gasteiger partial charge in [-0.3, -0.25) is 0 Å². The van der Waals surface area contributed by atoms with Gasteiger partial charge in [-0.05, 0) is 11.6 Å². The molecule has 1 rings (SSSR count). The standard InChI is InChI=1S/C12H18N2O4S/c1-13(2)19(16,17)14(3)9-10-7-5-6-8-11(10)12(15)18-4/h5-8H,9H2,1-4H3. The molecule has 1 aromatic carbocycles. The van der Waals surface area contributed by atoms with Crippen molar-refractivity contribution < 1.29 is 17.9 Å². The number of nitrogens with zero attached hydrogens (tertiary/aromatic N) is 2. The van der Waals surface area contributed by atoms with Crippen molar-refractivity contribution in [2.24, 2.45) is 0 Å². The van der Waals surface area contributed by atoms with E-state index in [0.717, 1.165) is 4.31 Å². The third-order valence-electron chi connectivity index (χ3n) is 2.67. The van der Waals surface area contributed by atoms with E-state index in [1.807, 2.05) is 0 Å². The molecule has 0 bridgehead atoms. The zero-order chi connectivity index (χ0) is 14.6. The lowest BCUT2D eigenvalue weighted by Crippen LogP contribution is -2.37. The lowest BCUT2D eigenvalue weighted by atomic mass is 10.1.